The summed E-state index contributed by atoms with van der Waals surface area (Å²) >= 11 is 0. The van der Waals surface area contributed by atoms with Crippen molar-refractivity contribution in [3.63, 3.8) is 0 Å². The summed E-state index contributed by atoms with van der Waals surface area (Å²) in [5.74, 6) is -0.937. The van der Waals surface area contributed by atoms with Gasteiger partial charge in [-0.15, -0.1) is 0 Å². The Morgan fingerprint density at radius 1 is 0.763 bits per heavy atom. The molecule has 0 fully saturated rings. The minimum absolute atomic E-state index is 0.0117. The monoisotopic (exact) mass is 520 g/mol. The van der Waals surface area contributed by atoms with Gasteiger partial charge in [-0.05, 0) is 61.5 Å². The molecule has 0 bridgehead atoms. The number of rotatable bonds is 4. The van der Waals surface area contributed by atoms with Gasteiger partial charge in [0.2, 0.25) is 15.6 Å². The summed E-state index contributed by atoms with van der Waals surface area (Å²) in [6.07, 6.45) is 0. The zero-order valence-electron chi connectivity index (χ0n) is 20.1. The number of aromatic nitrogens is 1. The molecular weight excluding hydrogens is 500 g/mol. The molecule has 0 saturated carbocycles. The predicted molar refractivity (Wildman–Crippen MR) is 143 cm³/mol. The zero-order valence-corrected chi connectivity index (χ0v) is 20.9. The number of aromatic amines is 1. The molecule has 5 aromatic rings. The summed E-state index contributed by atoms with van der Waals surface area (Å²) in [5, 5.41) is 3.13. The Hall–Kier alpha value is -4.82. The Labute approximate surface area is 218 Å². The van der Waals surface area contributed by atoms with Gasteiger partial charge in [0.15, 0.2) is 5.78 Å². The smallest absolute Gasteiger partial charge is 0.255 e. The van der Waals surface area contributed by atoms with E-state index in [1.807, 2.05) is 19.1 Å². The fourth-order valence-electron chi connectivity index (χ4n) is 4.65. The lowest BCUT2D eigenvalue weighted by molar-refractivity contribution is 0.0978. The van der Waals surface area contributed by atoms with Crippen LogP contribution >= 0.6 is 0 Å². The molecular formula is C30H20N2O5S. The van der Waals surface area contributed by atoms with E-state index in [4.69, 9.17) is 0 Å². The topological polar surface area (TPSA) is 113 Å². The van der Waals surface area contributed by atoms with E-state index in [1.165, 1.54) is 36.4 Å². The predicted octanol–water partition coefficient (Wildman–Crippen LogP) is 5.34. The maximum absolute atomic E-state index is 13.4. The molecule has 8 heteroatoms. The highest BCUT2D eigenvalue weighted by molar-refractivity contribution is 7.91. The number of carbonyl (C=O) groups is 3. The molecule has 6 rings (SSSR count). The van der Waals surface area contributed by atoms with Crippen LogP contribution < -0.4 is 5.32 Å². The molecule has 0 unspecified atom stereocenters. The fraction of sp³-hybridized carbons (Fsp3) is 0.0333. The first kappa shape index (κ1) is 23.6. The van der Waals surface area contributed by atoms with Crippen molar-refractivity contribution < 1.29 is 22.8 Å². The number of anilines is 1. The molecule has 4 aromatic carbocycles. The third-order valence-corrected chi connectivity index (χ3v) is 8.45. The van der Waals surface area contributed by atoms with Crippen molar-refractivity contribution in [1.82, 2.24) is 4.98 Å². The quantitative estimate of drug-likeness (QED) is 0.326. The molecule has 1 aliphatic carbocycles. The van der Waals surface area contributed by atoms with E-state index in [-0.39, 0.29) is 38.5 Å². The van der Waals surface area contributed by atoms with Gasteiger partial charge in [0.05, 0.1) is 21.0 Å². The molecule has 1 heterocycles. The molecule has 2 N–H and O–H groups in total. The molecule has 0 spiro atoms. The maximum atomic E-state index is 13.4. The van der Waals surface area contributed by atoms with Crippen LogP contribution in [0.25, 0.3) is 10.9 Å². The molecule has 0 atom stereocenters. The van der Waals surface area contributed by atoms with Gasteiger partial charge in [0, 0.05) is 33.3 Å². The maximum Gasteiger partial charge on any atom is 0.255 e. The van der Waals surface area contributed by atoms with Crippen LogP contribution in [0, 0.1) is 6.92 Å². The number of fused-ring (bicyclic) bond motifs is 4. The van der Waals surface area contributed by atoms with Crippen molar-refractivity contribution in [3.8, 4) is 0 Å². The number of benzene rings is 4. The summed E-state index contributed by atoms with van der Waals surface area (Å²) in [7, 11) is -3.95. The highest BCUT2D eigenvalue weighted by atomic mass is 32.2. The largest absolute Gasteiger partial charge is 0.351 e. The van der Waals surface area contributed by atoms with Gasteiger partial charge in [0.1, 0.15) is 0 Å². The van der Waals surface area contributed by atoms with Crippen LogP contribution in [-0.2, 0) is 9.84 Å². The van der Waals surface area contributed by atoms with E-state index in [2.05, 4.69) is 10.3 Å². The summed E-state index contributed by atoms with van der Waals surface area (Å²) in [4.78, 5) is 41.8. The standard InChI is InChI=1S/C30H20N2O5S/c1-17-6-8-18(9-7-17)30(35)31-19-10-12-20(13-11-19)38(36,37)21-14-15-25-24(16-21)26-27(32-25)29(34)23-5-3-2-4-22(23)28(26)33/h2-16,32H,1H3,(H,31,35). The molecule has 0 radical (unpaired) electrons. The van der Waals surface area contributed by atoms with Crippen molar-refractivity contribution >= 4 is 43.9 Å². The van der Waals surface area contributed by atoms with Gasteiger partial charge >= 0.3 is 0 Å². The Morgan fingerprint density at radius 3 is 2.08 bits per heavy atom. The van der Waals surface area contributed by atoms with Crippen molar-refractivity contribution in [1.29, 1.82) is 0 Å². The number of H-pyrrole nitrogens is 1. The Bertz CT molecular complexity index is 1900. The van der Waals surface area contributed by atoms with Gasteiger partial charge in [-0.25, -0.2) is 8.42 Å². The van der Waals surface area contributed by atoms with Crippen LogP contribution in [0.1, 0.15) is 47.9 Å². The average Bonchev–Trinajstić information content (AvgIpc) is 3.32. The first-order valence-corrected chi connectivity index (χ1v) is 13.3. The fourth-order valence-corrected chi connectivity index (χ4v) is 5.94. The number of nitrogens with one attached hydrogen (secondary N) is 2. The van der Waals surface area contributed by atoms with Gasteiger partial charge in [-0.1, -0.05) is 42.0 Å². The van der Waals surface area contributed by atoms with Crippen molar-refractivity contribution in [2.45, 2.75) is 16.7 Å². The van der Waals surface area contributed by atoms with Crippen LogP contribution in [0.5, 0.6) is 0 Å². The van der Waals surface area contributed by atoms with Crippen LogP contribution in [0.3, 0.4) is 0 Å². The van der Waals surface area contributed by atoms with E-state index in [9.17, 15) is 22.8 Å². The second-order valence-electron chi connectivity index (χ2n) is 9.13. The first-order valence-electron chi connectivity index (χ1n) is 11.8. The third-order valence-electron chi connectivity index (χ3n) is 6.69. The first-order chi connectivity index (χ1) is 18.2. The number of hydrogen-bond acceptors (Lipinski definition) is 5. The average molecular weight is 521 g/mol. The number of ketones is 2. The van der Waals surface area contributed by atoms with Crippen LogP contribution in [0.15, 0.2) is 101 Å². The minimum atomic E-state index is -3.95. The van der Waals surface area contributed by atoms with E-state index >= 15 is 0 Å². The molecule has 7 nitrogen and oxygen atoms in total. The highest BCUT2D eigenvalue weighted by Gasteiger charge is 2.33. The van der Waals surface area contributed by atoms with Gasteiger partial charge < -0.3 is 10.3 Å². The van der Waals surface area contributed by atoms with Crippen LogP contribution in [0.4, 0.5) is 5.69 Å². The Balaban J connectivity index is 1.32. The zero-order chi connectivity index (χ0) is 26.6. The number of sulfone groups is 1. The van der Waals surface area contributed by atoms with Gasteiger partial charge in [-0.3, -0.25) is 14.4 Å². The molecule has 1 aromatic heterocycles. The molecule has 0 aliphatic heterocycles. The third kappa shape index (κ3) is 3.74. The molecule has 186 valence electrons. The lowest BCUT2D eigenvalue weighted by Gasteiger charge is -2.14. The Morgan fingerprint density at radius 2 is 1.39 bits per heavy atom. The number of carbonyl (C=O) groups excluding carboxylic acids is 3. The molecule has 1 amide bonds. The van der Waals surface area contributed by atoms with Crippen LogP contribution in [0.2, 0.25) is 0 Å². The summed E-state index contributed by atoms with van der Waals surface area (Å²) in [6.45, 7) is 1.93. The van der Waals surface area contributed by atoms with Crippen LogP contribution in [-0.4, -0.2) is 30.9 Å². The molecule has 0 saturated heterocycles. The van der Waals surface area contributed by atoms with Gasteiger partial charge in [-0.2, -0.15) is 0 Å². The number of amides is 1. The highest BCUT2D eigenvalue weighted by Crippen LogP contribution is 2.34. The Kier molecular flexibility index (Phi) is 5.36. The van der Waals surface area contributed by atoms with E-state index in [1.54, 1.807) is 42.5 Å². The number of aryl methyl sites for hydroxylation is 1. The van der Waals surface area contributed by atoms with Crippen molar-refractivity contribution in [3.05, 3.63) is 125 Å². The van der Waals surface area contributed by atoms with E-state index in [0.29, 0.717) is 33.3 Å². The SMILES string of the molecule is Cc1ccc(C(=O)Nc2ccc(S(=O)(=O)c3ccc4[nH]c5c(c4c3)C(=O)c3ccccc3C5=O)cc2)cc1. The molecule has 1 aliphatic rings. The van der Waals surface area contributed by atoms with Crippen molar-refractivity contribution in [2.75, 3.05) is 5.32 Å². The lowest BCUT2D eigenvalue weighted by Crippen LogP contribution is -2.20. The van der Waals surface area contributed by atoms with Gasteiger partial charge in [0.25, 0.3) is 5.91 Å². The number of hydrogen-bond donors (Lipinski definition) is 2. The second-order valence-corrected chi connectivity index (χ2v) is 11.1. The normalized spacial score (nSPS) is 12.8. The minimum Gasteiger partial charge on any atom is -0.351 e. The summed E-state index contributed by atoms with van der Waals surface area (Å²) < 4.78 is 26.9. The van der Waals surface area contributed by atoms with Crippen molar-refractivity contribution in [2.24, 2.45) is 0 Å². The van der Waals surface area contributed by atoms with E-state index < -0.39 is 9.84 Å². The second kappa shape index (κ2) is 8.64. The molecule has 38 heavy (non-hydrogen) atoms. The van der Waals surface area contributed by atoms with E-state index in [0.717, 1.165) is 5.56 Å². The summed E-state index contributed by atoms with van der Waals surface area (Å²) in [6, 6.07) is 24.0. The summed E-state index contributed by atoms with van der Waals surface area (Å²) in [5.41, 5.74) is 3.43. The lowest BCUT2D eigenvalue weighted by atomic mass is 9.87.